The van der Waals surface area contributed by atoms with Gasteiger partial charge in [0, 0.05) is 18.7 Å². The monoisotopic (exact) mass is 336 g/mol. The van der Waals surface area contributed by atoms with Crippen LogP contribution in [0.2, 0.25) is 0 Å². The second-order valence-electron chi connectivity index (χ2n) is 6.53. The van der Waals surface area contributed by atoms with Gasteiger partial charge < -0.3 is 15.0 Å². The van der Waals surface area contributed by atoms with E-state index in [0.29, 0.717) is 12.3 Å². The zero-order chi connectivity index (χ0) is 16.9. The molecule has 0 saturated carbocycles. The standard InChI is InChI=1S/C17H24N2O3S/c1-17(2,3)22-16(21)18-14(11-13-7-5-4-6-8-13)15(20)19-9-10-23-12-19/h4-8,14H,9-12H2,1-3H3,(H,18,21)/t14-/m0/s1. The number of carbonyl (C=O) groups is 2. The van der Waals surface area contributed by atoms with Crippen molar-refractivity contribution >= 4 is 23.8 Å². The van der Waals surface area contributed by atoms with Crippen LogP contribution in [0, 0.1) is 0 Å². The van der Waals surface area contributed by atoms with Crippen LogP contribution in [0.25, 0.3) is 0 Å². The van der Waals surface area contributed by atoms with E-state index in [2.05, 4.69) is 5.32 Å². The molecule has 1 aliphatic heterocycles. The molecule has 1 N–H and O–H groups in total. The van der Waals surface area contributed by atoms with Gasteiger partial charge in [-0.2, -0.15) is 0 Å². The quantitative estimate of drug-likeness (QED) is 0.918. The first-order valence-corrected chi connectivity index (χ1v) is 8.90. The summed E-state index contributed by atoms with van der Waals surface area (Å²) in [6, 6.07) is 9.09. The first-order chi connectivity index (χ1) is 10.8. The highest BCUT2D eigenvalue weighted by atomic mass is 32.2. The maximum absolute atomic E-state index is 12.7. The van der Waals surface area contributed by atoms with E-state index in [1.165, 1.54) is 0 Å². The molecule has 1 fully saturated rings. The van der Waals surface area contributed by atoms with Crippen molar-refractivity contribution in [2.75, 3.05) is 18.2 Å². The number of benzene rings is 1. The summed E-state index contributed by atoms with van der Waals surface area (Å²) < 4.78 is 5.29. The topological polar surface area (TPSA) is 58.6 Å². The molecule has 2 rings (SSSR count). The van der Waals surface area contributed by atoms with Crippen LogP contribution in [0.4, 0.5) is 4.79 Å². The van der Waals surface area contributed by atoms with Gasteiger partial charge in [0.15, 0.2) is 0 Å². The van der Waals surface area contributed by atoms with Gasteiger partial charge in [0.1, 0.15) is 11.6 Å². The van der Waals surface area contributed by atoms with E-state index in [1.54, 1.807) is 37.4 Å². The Hall–Kier alpha value is -1.69. The fraction of sp³-hybridized carbons (Fsp3) is 0.529. The number of nitrogens with one attached hydrogen (secondary N) is 1. The number of rotatable bonds is 4. The lowest BCUT2D eigenvalue weighted by molar-refractivity contribution is -0.132. The third-order valence-electron chi connectivity index (χ3n) is 3.34. The number of thioether (sulfide) groups is 1. The smallest absolute Gasteiger partial charge is 0.408 e. The summed E-state index contributed by atoms with van der Waals surface area (Å²) >= 11 is 1.72. The predicted octanol–water partition coefficient (Wildman–Crippen LogP) is 2.66. The van der Waals surface area contributed by atoms with E-state index in [9.17, 15) is 9.59 Å². The molecule has 23 heavy (non-hydrogen) atoms. The number of hydrogen-bond acceptors (Lipinski definition) is 4. The third kappa shape index (κ3) is 5.78. The van der Waals surface area contributed by atoms with Gasteiger partial charge >= 0.3 is 6.09 Å². The van der Waals surface area contributed by atoms with Crippen molar-refractivity contribution in [3.8, 4) is 0 Å². The average molecular weight is 336 g/mol. The summed E-state index contributed by atoms with van der Waals surface area (Å²) in [7, 11) is 0. The van der Waals surface area contributed by atoms with Crippen LogP contribution in [0.1, 0.15) is 26.3 Å². The summed E-state index contributed by atoms with van der Waals surface area (Å²) in [6.07, 6.45) is -0.0984. The van der Waals surface area contributed by atoms with Gasteiger partial charge in [-0.1, -0.05) is 30.3 Å². The number of ether oxygens (including phenoxy) is 1. The zero-order valence-electron chi connectivity index (χ0n) is 13.9. The molecule has 5 nitrogen and oxygen atoms in total. The second kappa shape index (κ2) is 7.73. The van der Waals surface area contributed by atoms with E-state index in [4.69, 9.17) is 4.74 Å². The van der Waals surface area contributed by atoms with E-state index in [1.807, 2.05) is 30.3 Å². The minimum absolute atomic E-state index is 0.0512. The third-order valence-corrected chi connectivity index (χ3v) is 4.30. The Labute approximate surface area is 141 Å². The molecule has 1 aromatic carbocycles. The molecule has 1 atom stereocenters. The molecule has 1 saturated heterocycles. The lowest BCUT2D eigenvalue weighted by Gasteiger charge is -2.26. The first-order valence-electron chi connectivity index (χ1n) is 7.75. The van der Waals surface area contributed by atoms with Crippen LogP contribution in [0.15, 0.2) is 30.3 Å². The van der Waals surface area contributed by atoms with Gasteiger partial charge in [0.2, 0.25) is 5.91 Å². The Morgan fingerprint density at radius 3 is 2.57 bits per heavy atom. The molecule has 0 bridgehead atoms. The van der Waals surface area contributed by atoms with Gasteiger partial charge in [-0.05, 0) is 26.3 Å². The van der Waals surface area contributed by atoms with Gasteiger partial charge in [0.25, 0.3) is 0 Å². The number of amides is 2. The molecule has 0 aliphatic carbocycles. The van der Waals surface area contributed by atoms with Crippen LogP contribution < -0.4 is 5.32 Å². The van der Waals surface area contributed by atoms with Crippen molar-refractivity contribution in [3.05, 3.63) is 35.9 Å². The predicted molar refractivity (Wildman–Crippen MR) is 92.3 cm³/mol. The van der Waals surface area contributed by atoms with Crippen molar-refractivity contribution in [2.45, 2.75) is 38.8 Å². The van der Waals surface area contributed by atoms with Gasteiger partial charge in [-0.25, -0.2) is 4.79 Å². The molecule has 1 aromatic rings. The largest absolute Gasteiger partial charge is 0.444 e. The van der Waals surface area contributed by atoms with Gasteiger partial charge in [0.05, 0.1) is 5.88 Å². The zero-order valence-corrected chi connectivity index (χ0v) is 14.7. The molecule has 2 amide bonds. The van der Waals surface area contributed by atoms with Crippen molar-refractivity contribution < 1.29 is 14.3 Å². The van der Waals surface area contributed by atoms with Crippen molar-refractivity contribution in [2.24, 2.45) is 0 Å². The highest BCUT2D eigenvalue weighted by Gasteiger charge is 2.29. The molecule has 0 radical (unpaired) electrons. The fourth-order valence-corrected chi connectivity index (χ4v) is 3.26. The molecular formula is C17H24N2O3S. The van der Waals surface area contributed by atoms with Crippen molar-refractivity contribution in [1.29, 1.82) is 0 Å². The highest BCUT2D eigenvalue weighted by Crippen LogP contribution is 2.16. The summed E-state index contributed by atoms with van der Waals surface area (Å²) in [4.78, 5) is 26.5. The average Bonchev–Trinajstić information content (AvgIpc) is 2.99. The summed E-state index contributed by atoms with van der Waals surface area (Å²) in [5.41, 5.74) is 0.419. The first kappa shape index (κ1) is 17.7. The Kier molecular flexibility index (Phi) is 5.93. The van der Waals surface area contributed by atoms with Crippen molar-refractivity contribution in [3.63, 3.8) is 0 Å². The molecule has 126 valence electrons. The number of carbonyl (C=O) groups excluding carboxylic acids is 2. The molecule has 6 heteroatoms. The SMILES string of the molecule is CC(C)(C)OC(=O)N[C@@H](Cc1ccccc1)C(=O)N1CCSC1. The Morgan fingerprint density at radius 1 is 1.30 bits per heavy atom. The number of nitrogens with zero attached hydrogens (tertiary/aromatic N) is 1. The number of alkyl carbamates (subject to hydrolysis) is 1. The van der Waals surface area contributed by atoms with Crippen LogP contribution in [-0.4, -0.2) is 46.7 Å². The van der Waals surface area contributed by atoms with Crippen LogP contribution >= 0.6 is 11.8 Å². The molecule has 0 spiro atoms. The van der Waals surface area contributed by atoms with Crippen molar-refractivity contribution in [1.82, 2.24) is 10.2 Å². The van der Waals surface area contributed by atoms with E-state index < -0.39 is 17.7 Å². The Morgan fingerprint density at radius 2 is 2.00 bits per heavy atom. The normalized spacial score (nSPS) is 16.0. The van der Waals surface area contributed by atoms with Crippen LogP contribution in [-0.2, 0) is 16.0 Å². The lowest BCUT2D eigenvalue weighted by atomic mass is 10.1. The van der Waals surface area contributed by atoms with E-state index >= 15 is 0 Å². The second-order valence-corrected chi connectivity index (χ2v) is 7.60. The Balaban J connectivity index is 2.07. The maximum Gasteiger partial charge on any atom is 0.408 e. The van der Waals surface area contributed by atoms with Gasteiger partial charge in [-0.15, -0.1) is 11.8 Å². The lowest BCUT2D eigenvalue weighted by Crippen LogP contribution is -2.50. The summed E-state index contributed by atoms with van der Waals surface area (Å²) in [6.45, 7) is 6.14. The fourth-order valence-electron chi connectivity index (χ4n) is 2.31. The van der Waals surface area contributed by atoms with Crippen LogP contribution in [0.3, 0.4) is 0 Å². The van der Waals surface area contributed by atoms with E-state index in [0.717, 1.165) is 17.9 Å². The highest BCUT2D eigenvalue weighted by molar-refractivity contribution is 7.99. The molecule has 1 heterocycles. The van der Waals surface area contributed by atoms with Crippen LogP contribution in [0.5, 0.6) is 0 Å². The Bertz CT molecular complexity index is 537. The minimum Gasteiger partial charge on any atom is -0.444 e. The molecule has 0 unspecified atom stereocenters. The molecular weight excluding hydrogens is 312 g/mol. The minimum atomic E-state index is -0.606. The summed E-state index contributed by atoms with van der Waals surface area (Å²) in [5.74, 6) is 1.57. The molecule has 0 aromatic heterocycles. The maximum atomic E-state index is 12.7. The molecule has 1 aliphatic rings. The van der Waals surface area contributed by atoms with E-state index in [-0.39, 0.29) is 5.91 Å². The number of hydrogen-bond donors (Lipinski definition) is 1. The van der Waals surface area contributed by atoms with Gasteiger partial charge in [-0.3, -0.25) is 4.79 Å². The summed E-state index contributed by atoms with van der Waals surface area (Å²) in [5, 5.41) is 2.74.